The van der Waals surface area contributed by atoms with Crippen molar-refractivity contribution in [3.05, 3.63) is 66.0 Å². The summed E-state index contributed by atoms with van der Waals surface area (Å²) in [7, 11) is -3.77. The summed E-state index contributed by atoms with van der Waals surface area (Å²) in [6.07, 6.45) is 4.21. The summed E-state index contributed by atoms with van der Waals surface area (Å²) in [5, 5.41) is 8.36. The molecule has 3 N–H and O–H groups in total. The van der Waals surface area contributed by atoms with Crippen LogP contribution in [0.25, 0.3) is 5.69 Å². The van der Waals surface area contributed by atoms with E-state index in [1.165, 1.54) is 41.7 Å². The van der Waals surface area contributed by atoms with E-state index in [4.69, 9.17) is 10.1 Å². The van der Waals surface area contributed by atoms with Gasteiger partial charge in [0, 0.05) is 17.1 Å². The van der Waals surface area contributed by atoms with Crippen LogP contribution in [-0.4, -0.2) is 29.1 Å². The van der Waals surface area contributed by atoms with Crippen LogP contribution in [0.1, 0.15) is 31.2 Å². The second-order valence-electron chi connectivity index (χ2n) is 7.48. The SMILES string of the molecule is C[C@@H](Sc1nc2c(n1-c1ccccc1)CCCC2)C(=O)Nc1ccc(S(N)(=O)=O)cc1. The van der Waals surface area contributed by atoms with E-state index in [1.807, 2.05) is 25.1 Å². The van der Waals surface area contributed by atoms with Crippen molar-refractivity contribution in [2.24, 2.45) is 5.14 Å². The molecule has 0 bridgehead atoms. The molecule has 1 heterocycles. The first kappa shape index (κ1) is 21.6. The zero-order valence-corrected chi connectivity index (χ0v) is 18.7. The fourth-order valence-corrected chi connectivity index (χ4v) is 5.10. The maximum Gasteiger partial charge on any atom is 0.238 e. The molecule has 1 aliphatic rings. The standard InChI is InChI=1S/C22H24N4O3S2/c1-15(21(27)24-16-11-13-18(14-12-16)31(23,28)29)30-22-25-19-9-5-6-10-20(19)26(22)17-7-3-2-4-8-17/h2-4,7-8,11-15H,5-6,9-10H2,1H3,(H,24,27)(H2,23,28,29)/t15-/m1/s1. The highest BCUT2D eigenvalue weighted by molar-refractivity contribution is 8.00. The van der Waals surface area contributed by atoms with Crippen molar-refractivity contribution < 1.29 is 13.2 Å². The number of carbonyl (C=O) groups is 1. The molecule has 0 aliphatic heterocycles. The Kier molecular flexibility index (Phi) is 6.17. The highest BCUT2D eigenvalue weighted by Gasteiger charge is 2.24. The Bertz CT molecular complexity index is 1190. The number of rotatable bonds is 6. The molecule has 31 heavy (non-hydrogen) atoms. The lowest BCUT2D eigenvalue weighted by Crippen LogP contribution is -2.23. The average molecular weight is 457 g/mol. The quantitative estimate of drug-likeness (QED) is 0.552. The molecule has 0 radical (unpaired) electrons. The van der Waals surface area contributed by atoms with Crippen molar-refractivity contribution in [3.63, 3.8) is 0 Å². The molecule has 0 spiro atoms. The minimum Gasteiger partial charge on any atom is -0.325 e. The summed E-state index contributed by atoms with van der Waals surface area (Å²) < 4.78 is 24.9. The Morgan fingerprint density at radius 3 is 2.45 bits per heavy atom. The zero-order valence-electron chi connectivity index (χ0n) is 17.1. The third-order valence-electron chi connectivity index (χ3n) is 5.22. The van der Waals surface area contributed by atoms with Crippen LogP contribution in [0.3, 0.4) is 0 Å². The van der Waals surface area contributed by atoms with E-state index >= 15 is 0 Å². The number of hydrogen-bond donors (Lipinski definition) is 2. The van der Waals surface area contributed by atoms with Crippen molar-refractivity contribution in [1.82, 2.24) is 9.55 Å². The lowest BCUT2D eigenvalue weighted by molar-refractivity contribution is -0.115. The highest BCUT2D eigenvalue weighted by Crippen LogP contribution is 2.32. The molecule has 7 nitrogen and oxygen atoms in total. The molecule has 0 fully saturated rings. The van der Waals surface area contributed by atoms with Crippen LogP contribution in [0.5, 0.6) is 0 Å². The smallest absolute Gasteiger partial charge is 0.238 e. The molecular formula is C22H24N4O3S2. The van der Waals surface area contributed by atoms with E-state index in [0.29, 0.717) is 5.69 Å². The van der Waals surface area contributed by atoms with E-state index in [-0.39, 0.29) is 10.8 Å². The molecule has 4 rings (SSSR count). The van der Waals surface area contributed by atoms with Gasteiger partial charge in [0.25, 0.3) is 0 Å². The fourth-order valence-electron chi connectivity index (χ4n) is 3.62. The van der Waals surface area contributed by atoms with Gasteiger partial charge in [-0.3, -0.25) is 9.36 Å². The lowest BCUT2D eigenvalue weighted by atomic mass is 10.0. The number of nitrogens with one attached hydrogen (secondary N) is 1. The topological polar surface area (TPSA) is 107 Å². The number of aryl methyl sites for hydroxylation is 1. The molecule has 3 aromatic rings. The molecule has 162 valence electrons. The van der Waals surface area contributed by atoms with Gasteiger partial charge in [-0.15, -0.1) is 0 Å². The van der Waals surface area contributed by atoms with Crippen molar-refractivity contribution >= 4 is 33.4 Å². The average Bonchev–Trinajstić information content (AvgIpc) is 3.11. The molecular weight excluding hydrogens is 432 g/mol. The Morgan fingerprint density at radius 1 is 1.10 bits per heavy atom. The molecule has 1 aliphatic carbocycles. The van der Waals surface area contributed by atoms with Crippen LogP contribution in [0.2, 0.25) is 0 Å². The second kappa shape index (κ2) is 8.86. The third-order valence-corrected chi connectivity index (χ3v) is 7.20. The summed E-state index contributed by atoms with van der Waals surface area (Å²) in [5.41, 5.74) is 3.90. The van der Waals surface area contributed by atoms with Crippen LogP contribution in [0, 0.1) is 0 Å². The van der Waals surface area contributed by atoms with Gasteiger partial charge in [0.05, 0.1) is 15.8 Å². The van der Waals surface area contributed by atoms with Crippen LogP contribution >= 0.6 is 11.8 Å². The Hall–Kier alpha value is -2.62. The zero-order chi connectivity index (χ0) is 22.0. The predicted molar refractivity (Wildman–Crippen MR) is 122 cm³/mol. The number of fused-ring (bicyclic) bond motifs is 1. The van der Waals surface area contributed by atoms with Gasteiger partial charge in [0.2, 0.25) is 15.9 Å². The summed E-state index contributed by atoms with van der Waals surface area (Å²) in [5.74, 6) is -0.186. The number of anilines is 1. The second-order valence-corrected chi connectivity index (χ2v) is 10.4. The van der Waals surface area contributed by atoms with Crippen molar-refractivity contribution in [3.8, 4) is 5.69 Å². The van der Waals surface area contributed by atoms with Crippen molar-refractivity contribution in [2.45, 2.75) is 47.9 Å². The molecule has 1 amide bonds. The monoisotopic (exact) mass is 456 g/mol. The number of nitrogens with zero attached hydrogens (tertiary/aromatic N) is 2. The van der Waals surface area contributed by atoms with E-state index in [9.17, 15) is 13.2 Å². The fraction of sp³-hybridized carbons (Fsp3) is 0.273. The van der Waals surface area contributed by atoms with Gasteiger partial charge in [-0.1, -0.05) is 30.0 Å². The Labute approximate surface area is 186 Å². The minimum absolute atomic E-state index is 0.00314. The van der Waals surface area contributed by atoms with E-state index in [2.05, 4.69) is 22.0 Å². The molecule has 9 heteroatoms. The predicted octanol–water partition coefficient (Wildman–Crippen LogP) is 3.52. The van der Waals surface area contributed by atoms with Crippen LogP contribution in [0.15, 0.2) is 64.6 Å². The lowest BCUT2D eigenvalue weighted by Gasteiger charge is -2.16. The summed E-state index contributed by atoms with van der Waals surface area (Å²) in [6.45, 7) is 1.84. The number of nitrogens with two attached hydrogens (primary N) is 1. The number of sulfonamides is 1. The molecule has 2 aromatic carbocycles. The number of carbonyl (C=O) groups excluding carboxylic acids is 1. The molecule has 0 unspecified atom stereocenters. The molecule has 0 saturated carbocycles. The summed E-state index contributed by atoms with van der Waals surface area (Å²) in [4.78, 5) is 17.6. The number of imidazole rings is 1. The van der Waals surface area contributed by atoms with Gasteiger partial charge >= 0.3 is 0 Å². The first-order chi connectivity index (χ1) is 14.8. The van der Waals surface area contributed by atoms with E-state index in [0.717, 1.165) is 42.2 Å². The minimum atomic E-state index is -3.77. The number of para-hydroxylation sites is 1. The highest BCUT2D eigenvalue weighted by atomic mass is 32.2. The number of amides is 1. The molecule has 0 saturated heterocycles. The van der Waals surface area contributed by atoms with Gasteiger partial charge in [-0.05, 0) is 69.0 Å². The maximum absolute atomic E-state index is 12.8. The van der Waals surface area contributed by atoms with Gasteiger partial charge in [-0.2, -0.15) is 0 Å². The third kappa shape index (κ3) is 4.84. The Balaban J connectivity index is 1.54. The number of benzene rings is 2. The number of primary sulfonamides is 1. The van der Waals surface area contributed by atoms with Crippen molar-refractivity contribution in [1.29, 1.82) is 0 Å². The molecule has 1 atom stereocenters. The van der Waals surface area contributed by atoms with Gasteiger partial charge < -0.3 is 5.32 Å². The largest absolute Gasteiger partial charge is 0.325 e. The number of aromatic nitrogens is 2. The summed E-state index contributed by atoms with van der Waals surface area (Å²) in [6, 6.07) is 15.9. The van der Waals surface area contributed by atoms with Crippen molar-refractivity contribution in [2.75, 3.05) is 5.32 Å². The molecule has 1 aromatic heterocycles. The van der Waals surface area contributed by atoms with E-state index < -0.39 is 15.3 Å². The number of hydrogen-bond acceptors (Lipinski definition) is 5. The van der Waals surface area contributed by atoms with Crippen LogP contribution in [-0.2, 0) is 27.7 Å². The first-order valence-electron chi connectivity index (χ1n) is 10.1. The summed E-state index contributed by atoms with van der Waals surface area (Å²) >= 11 is 1.42. The van der Waals surface area contributed by atoms with Crippen LogP contribution in [0.4, 0.5) is 5.69 Å². The van der Waals surface area contributed by atoms with Gasteiger partial charge in [0.1, 0.15) is 0 Å². The van der Waals surface area contributed by atoms with Gasteiger partial charge in [-0.25, -0.2) is 18.5 Å². The maximum atomic E-state index is 12.8. The normalized spacial score (nSPS) is 14.6. The Morgan fingerprint density at radius 2 is 1.77 bits per heavy atom. The van der Waals surface area contributed by atoms with E-state index in [1.54, 1.807) is 0 Å². The first-order valence-corrected chi connectivity index (χ1v) is 12.5. The van der Waals surface area contributed by atoms with Crippen LogP contribution < -0.4 is 10.5 Å². The number of thioether (sulfide) groups is 1. The van der Waals surface area contributed by atoms with Gasteiger partial charge in [0.15, 0.2) is 5.16 Å².